The SMILES string of the molecule is CC(C)C(O)(c1ccccc1-c1ccccc1C(O)(C(C)C)C(C)C)C(C)C. The van der Waals surface area contributed by atoms with Crippen LogP contribution in [0, 0.1) is 23.7 Å². The van der Waals surface area contributed by atoms with Gasteiger partial charge in [-0.25, -0.2) is 0 Å². The van der Waals surface area contributed by atoms with Crippen LogP contribution in [0.4, 0.5) is 0 Å². The van der Waals surface area contributed by atoms with Gasteiger partial charge >= 0.3 is 0 Å². The molecule has 0 amide bonds. The fourth-order valence-corrected chi connectivity index (χ4v) is 4.71. The smallest absolute Gasteiger partial charge is 0.0947 e. The van der Waals surface area contributed by atoms with E-state index in [9.17, 15) is 10.2 Å². The monoisotopic (exact) mass is 382 g/mol. The van der Waals surface area contributed by atoms with Crippen LogP contribution in [-0.4, -0.2) is 10.2 Å². The summed E-state index contributed by atoms with van der Waals surface area (Å²) >= 11 is 0. The molecule has 0 aliphatic rings. The highest BCUT2D eigenvalue weighted by molar-refractivity contribution is 5.73. The predicted molar refractivity (Wildman–Crippen MR) is 119 cm³/mol. The molecule has 2 aromatic rings. The molecular formula is C26H38O2. The van der Waals surface area contributed by atoms with Crippen LogP contribution in [0.3, 0.4) is 0 Å². The second-order valence-corrected chi connectivity index (χ2v) is 9.36. The summed E-state index contributed by atoms with van der Waals surface area (Å²) in [5.74, 6) is 0.259. The normalized spacial score (nSPS) is 13.2. The minimum Gasteiger partial charge on any atom is -0.385 e. The third-order valence-corrected chi connectivity index (χ3v) is 6.53. The van der Waals surface area contributed by atoms with E-state index in [-0.39, 0.29) is 23.7 Å². The summed E-state index contributed by atoms with van der Waals surface area (Å²) in [5.41, 5.74) is 1.98. The van der Waals surface area contributed by atoms with Crippen molar-refractivity contribution in [2.45, 2.75) is 66.6 Å². The Morgan fingerprint density at radius 2 is 0.750 bits per heavy atom. The van der Waals surface area contributed by atoms with Crippen LogP contribution in [-0.2, 0) is 11.2 Å². The molecule has 0 heterocycles. The first-order chi connectivity index (χ1) is 13.0. The van der Waals surface area contributed by atoms with Crippen molar-refractivity contribution in [3.8, 4) is 11.1 Å². The summed E-state index contributed by atoms with van der Waals surface area (Å²) in [5, 5.41) is 23.5. The summed E-state index contributed by atoms with van der Waals surface area (Å²) < 4.78 is 0. The molecule has 0 spiro atoms. The van der Waals surface area contributed by atoms with Crippen molar-refractivity contribution in [3.63, 3.8) is 0 Å². The standard InChI is InChI=1S/C26H38O2/c1-17(2)25(27,18(3)4)23-15-11-9-13-21(23)22-14-10-12-16-24(22)26(28,19(5)6)20(7)8/h9-20,27-28H,1-8H3. The van der Waals surface area contributed by atoms with Gasteiger partial charge in [-0.15, -0.1) is 0 Å². The lowest BCUT2D eigenvalue weighted by atomic mass is 9.69. The van der Waals surface area contributed by atoms with E-state index < -0.39 is 11.2 Å². The number of benzene rings is 2. The lowest BCUT2D eigenvalue weighted by Crippen LogP contribution is -2.39. The van der Waals surface area contributed by atoms with Gasteiger partial charge in [0.15, 0.2) is 0 Å². The highest BCUT2D eigenvalue weighted by Crippen LogP contribution is 2.46. The maximum absolute atomic E-state index is 11.7. The molecule has 154 valence electrons. The van der Waals surface area contributed by atoms with E-state index in [0.717, 1.165) is 22.3 Å². The summed E-state index contributed by atoms with van der Waals surface area (Å²) in [6, 6.07) is 16.2. The first kappa shape index (κ1) is 22.6. The van der Waals surface area contributed by atoms with Gasteiger partial charge in [0.2, 0.25) is 0 Å². The Labute approximate surface area is 171 Å². The Hall–Kier alpha value is -1.64. The molecule has 2 heteroatoms. The summed E-state index contributed by atoms with van der Waals surface area (Å²) in [6.45, 7) is 16.6. The Balaban J connectivity index is 2.84. The van der Waals surface area contributed by atoms with Crippen molar-refractivity contribution in [1.82, 2.24) is 0 Å². The summed E-state index contributed by atoms with van der Waals surface area (Å²) in [7, 11) is 0. The third-order valence-electron chi connectivity index (χ3n) is 6.53. The fourth-order valence-electron chi connectivity index (χ4n) is 4.71. The minimum absolute atomic E-state index is 0.0647. The highest BCUT2D eigenvalue weighted by Gasteiger charge is 2.41. The minimum atomic E-state index is -0.947. The Bertz CT molecular complexity index is 703. The van der Waals surface area contributed by atoms with Gasteiger partial charge in [-0.3, -0.25) is 0 Å². The maximum Gasteiger partial charge on any atom is 0.0947 e. The van der Waals surface area contributed by atoms with E-state index in [0.29, 0.717) is 0 Å². The molecule has 0 saturated heterocycles. The van der Waals surface area contributed by atoms with Crippen molar-refractivity contribution >= 4 is 0 Å². The van der Waals surface area contributed by atoms with E-state index in [1.165, 1.54) is 0 Å². The molecule has 2 aromatic carbocycles. The molecular weight excluding hydrogens is 344 g/mol. The van der Waals surface area contributed by atoms with Gasteiger partial charge in [0.05, 0.1) is 11.2 Å². The quantitative estimate of drug-likeness (QED) is 0.585. The zero-order chi connectivity index (χ0) is 21.3. The van der Waals surface area contributed by atoms with Crippen molar-refractivity contribution in [2.24, 2.45) is 23.7 Å². The Kier molecular flexibility index (Phi) is 6.78. The molecule has 0 saturated carbocycles. The number of hydrogen-bond acceptors (Lipinski definition) is 2. The first-order valence-corrected chi connectivity index (χ1v) is 10.6. The van der Waals surface area contributed by atoms with Gasteiger partial charge in [0, 0.05) is 0 Å². The van der Waals surface area contributed by atoms with E-state index in [1.54, 1.807) is 0 Å². The predicted octanol–water partition coefficient (Wildman–Crippen LogP) is 6.35. The van der Waals surface area contributed by atoms with E-state index >= 15 is 0 Å². The van der Waals surface area contributed by atoms with E-state index in [4.69, 9.17) is 0 Å². The molecule has 0 aliphatic carbocycles. The van der Waals surface area contributed by atoms with Gasteiger partial charge in [-0.2, -0.15) is 0 Å². The number of hydrogen-bond donors (Lipinski definition) is 2. The molecule has 28 heavy (non-hydrogen) atoms. The second-order valence-electron chi connectivity index (χ2n) is 9.36. The van der Waals surface area contributed by atoms with Crippen molar-refractivity contribution in [2.75, 3.05) is 0 Å². The Morgan fingerprint density at radius 3 is 1.00 bits per heavy atom. The molecule has 0 fully saturated rings. The van der Waals surface area contributed by atoms with Crippen LogP contribution in [0.15, 0.2) is 48.5 Å². The van der Waals surface area contributed by atoms with Crippen LogP contribution in [0.5, 0.6) is 0 Å². The molecule has 0 aliphatic heterocycles. The second kappa shape index (κ2) is 8.39. The molecule has 2 N–H and O–H groups in total. The zero-order valence-electron chi connectivity index (χ0n) is 18.8. The summed E-state index contributed by atoms with van der Waals surface area (Å²) in [4.78, 5) is 0. The van der Waals surface area contributed by atoms with Crippen molar-refractivity contribution < 1.29 is 10.2 Å². The average Bonchev–Trinajstić information content (AvgIpc) is 2.65. The lowest BCUT2D eigenvalue weighted by Gasteiger charge is -2.40. The fraction of sp³-hybridized carbons (Fsp3) is 0.538. The maximum atomic E-state index is 11.7. The lowest BCUT2D eigenvalue weighted by molar-refractivity contribution is -0.0542. The molecule has 0 atom stereocenters. The highest BCUT2D eigenvalue weighted by atomic mass is 16.3. The van der Waals surface area contributed by atoms with Gasteiger partial charge in [-0.05, 0) is 45.9 Å². The first-order valence-electron chi connectivity index (χ1n) is 10.6. The van der Waals surface area contributed by atoms with Crippen LogP contribution >= 0.6 is 0 Å². The molecule has 0 bridgehead atoms. The number of aliphatic hydroxyl groups is 2. The van der Waals surface area contributed by atoms with Crippen LogP contribution in [0.2, 0.25) is 0 Å². The molecule has 0 unspecified atom stereocenters. The largest absolute Gasteiger partial charge is 0.385 e. The van der Waals surface area contributed by atoms with Gasteiger partial charge < -0.3 is 10.2 Å². The van der Waals surface area contributed by atoms with Crippen molar-refractivity contribution in [3.05, 3.63) is 59.7 Å². The van der Waals surface area contributed by atoms with Crippen molar-refractivity contribution in [1.29, 1.82) is 0 Å². The topological polar surface area (TPSA) is 40.5 Å². The van der Waals surface area contributed by atoms with Gasteiger partial charge in [-0.1, -0.05) is 104 Å². The number of rotatable bonds is 7. The van der Waals surface area contributed by atoms with Crippen LogP contribution in [0.25, 0.3) is 11.1 Å². The molecule has 0 radical (unpaired) electrons. The van der Waals surface area contributed by atoms with E-state index in [2.05, 4.69) is 67.5 Å². The van der Waals surface area contributed by atoms with Crippen LogP contribution < -0.4 is 0 Å². The molecule has 0 aromatic heterocycles. The van der Waals surface area contributed by atoms with Crippen LogP contribution in [0.1, 0.15) is 66.5 Å². The summed E-state index contributed by atoms with van der Waals surface area (Å²) in [6.07, 6.45) is 0. The average molecular weight is 383 g/mol. The third kappa shape index (κ3) is 3.65. The van der Waals surface area contributed by atoms with Gasteiger partial charge in [0.1, 0.15) is 0 Å². The Morgan fingerprint density at radius 1 is 0.500 bits per heavy atom. The zero-order valence-corrected chi connectivity index (χ0v) is 18.8. The van der Waals surface area contributed by atoms with Gasteiger partial charge in [0.25, 0.3) is 0 Å². The van der Waals surface area contributed by atoms with E-state index in [1.807, 2.05) is 36.4 Å². The molecule has 2 nitrogen and oxygen atoms in total. The molecule has 2 rings (SSSR count).